The molecule has 22 aromatic carbocycles. The van der Waals surface area contributed by atoms with Gasteiger partial charge in [0.25, 0.3) is 0 Å². The third kappa shape index (κ3) is 12.1. The first-order valence-electron chi connectivity index (χ1n) is 46.2. The Morgan fingerprint density at radius 3 is 1.04 bits per heavy atom. The molecule has 0 aliphatic heterocycles. The lowest BCUT2D eigenvalue weighted by Crippen LogP contribution is -2.06. The van der Waals surface area contributed by atoms with Crippen molar-refractivity contribution >= 4 is 130 Å². The summed E-state index contributed by atoms with van der Waals surface area (Å²) in [6.07, 6.45) is 3.58. The van der Waals surface area contributed by atoms with Crippen molar-refractivity contribution in [1.82, 2.24) is 49.0 Å². The van der Waals surface area contributed by atoms with E-state index in [4.69, 9.17) is 29.9 Å². The Balaban J connectivity index is 0.000000101. The summed E-state index contributed by atoms with van der Waals surface area (Å²) in [7, 11) is 0. The van der Waals surface area contributed by atoms with Crippen LogP contribution in [-0.4, -0.2) is 49.0 Å². The Bertz CT molecular complexity index is 9290. The number of para-hydroxylation sites is 4. The summed E-state index contributed by atoms with van der Waals surface area (Å²) in [5.74, 6) is 4.54. The van der Waals surface area contributed by atoms with Crippen molar-refractivity contribution in [2.24, 2.45) is 0 Å². The van der Waals surface area contributed by atoms with Gasteiger partial charge in [0.1, 0.15) is 0 Å². The van der Waals surface area contributed by atoms with E-state index in [1.807, 2.05) is 42.5 Å². The highest BCUT2D eigenvalue weighted by atomic mass is 15.2. The summed E-state index contributed by atoms with van der Waals surface area (Å²) >= 11 is 0. The first kappa shape index (κ1) is 76.5. The van der Waals surface area contributed by atoms with Crippen LogP contribution in [-0.2, 0) is 0 Å². The third-order valence-electron chi connectivity index (χ3n) is 28.0. The summed E-state index contributed by atoms with van der Waals surface area (Å²) in [6, 6.07) is 156. The van der Waals surface area contributed by atoms with Crippen LogP contribution in [0.2, 0.25) is 0 Å². The molecule has 0 saturated heterocycles. The van der Waals surface area contributed by atoms with E-state index in [0.29, 0.717) is 35.2 Å². The second-order valence-electron chi connectivity index (χ2n) is 35.5. The first-order chi connectivity index (χ1) is 67.4. The second-order valence-corrected chi connectivity index (χ2v) is 35.5. The van der Waals surface area contributed by atoms with Crippen LogP contribution >= 0.6 is 0 Å². The van der Waals surface area contributed by atoms with Crippen LogP contribution < -0.4 is 0 Å². The molecule has 0 amide bonds. The molecule has 5 aromatic heterocycles. The molecule has 0 fully saturated rings. The Hall–Kier alpha value is -18.4. The standard InChI is InChI=1S/C44H26N2.2C41H24N4/c1-3-13-35-27(8-1)16-19-38-40-26-31-9-2-4-14-36(31)42-37(20-21-39(41(35)38)43(40)42)30-11-5-10-28(24-30)33-15-6-12-29-25-32(17-18-34(29)33)44-45-22-7-23-46-44;2*1-2-11-25(12-3-1)39-42-40(44-41(43-39)45-35-19-8-6-16-31(35)32-17-7-9-20-36(32)45)28-21-22-30-33-18-10-14-27-23-26-13-4-5-15-29(26)38(37(27)33)34(30)24-28/h1-26H;2*1-24H. The molecule has 30 rings (SSSR count). The van der Waals surface area contributed by atoms with E-state index in [1.54, 1.807) is 12.4 Å². The second kappa shape index (κ2) is 30.6. The molecule has 3 aliphatic carbocycles. The molecule has 27 aromatic rings. The summed E-state index contributed by atoms with van der Waals surface area (Å²) in [5, 5.41) is 25.1. The summed E-state index contributed by atoms with van der Waals surface area (Å²) < 4.78 is 4.33. The number of rotatable bonds is 9. The number of benzene rings is 22. The minimum atomic E-state index is 0.604. The molecule has 0 saturated carbocycles. The molecule has 0 radical (unpaired) electrons. The van der Waals surface area contributed by atoms with Crippen molar-refractivity contribution in [3.05, 3.63) is 449 Å². The van der Waals surface area contributed by atoms with Gasteiger partial charge in [0, 0.05) is 61.8 Å². The predicted octanol–water partition coefficient (Wildman–Crippen LogP) is 32.3. The zero-order chi connectivity index (χ0) is 89.2. The van der Waals surface area contributed by atoms with Gasteiger partial charge in [0.15, 0.2) is 29.1 Å². The molecule has 0 bridgehead atoms. The lowest BCUT2D eigenvalue weighted by molar-refractivity contribution is 0.953. The average molecular weight is 1730 g/mol. The number of hydrogen-bond donors (Lipinski definition) is 0. The molecule has 3 aliphatic rings. The van der Waals surface area contributed by atoms with Crippen LogP contribution in [0.5, 0.6) is 0 Å². The average Bonchev–Trinajstić information content (AvgIpc) is 1.65. The Labute approximate surface area is 780 Å². The molecule has 628 valence electrons. The molecule has 136 heavy (non-hydrogen) atoms. The fourth-order valence-corrected chi connectivity index (χ4v) is 22.1. The van der Waals surface area contributed by atoms with E-state index >= 15 is 0 Å². The van der Waals surface area contributed by atoms with E-state index < -0.39 is 0 Å². The monoisotopic (exact) mass is 1730 g/mol. The highest BCUT2D eigenvalue weighted by Gasteiger charge is 2.31. The van der Waals surface area contributed by atoms with Gasteiger partial charge in [-0.15, -0.1) is 0 Å². The third-order valence-corrected chi connectivity index (χ3v) is 28.0. The molecular formula is C126H74N10. The van der Waals surface area contributed by atoms with E-state index in [9.17, 15) is 0 Å². The quantitative estimate of drug-likeness (QED) is 0.104. The Morgan fingerprint density at radius 2 is 0.515 bits per heavy atom. The van der Waals surface area contributed by atoms with Crippen LogP contribution in [0.3, 0.4) is 0 Å². The smallest absolute Gasteiger partial charge is 0.238 e. The Morgan fingerprint density at radius 1 is 0.147 bits per heavy atom. The van der Waals surface area contributed by atoms with E-state index in [1.165, 1.54) is 197 Å². The number of nitrogens with zero attached hydrogens (tertiary/aromatic N) is 10. The maximum absolute atomic E-state index is 5.20. The summed E-state index contributed by atoms with van der Waals surface area (Å²) in [5.41, 5.74) is 29.4. The highest BCUT2D eigenvalue weighted by molar-refractivity contribution is 6.31. The SMILES string of the molecule is c1ccc(-c2nc(-c3ccc4c(c3)-c3c5ccccc5cc5cccc-4c35)nc(-n3c4ccccc4c4ccccc43)n2)cc1.c1ccc(-c2nc(-c3ccc4c(c3)-c3c5ccccc5cc5cccc-4c35)nc(-n3c4ccccc4c4ccccc43)n2)cc1.c1cnc(-c2ccc3c(-c4cccc(-c5ccc6c7c(cc8ccccc8c57)-c5ccc7ccccc7c5-6)c4)cccc3c2)nc1. The molecule has 0 spiro atoms. The number of fused-ring (bicyclic) bond motifs is 24. The number of hydrogen-bond acceptors (Lipinski definition) is 8. The van der Waals surface area contributed by atoms with Gasteiger partial charge in [-0.05, 0) is 248 Å². The van der Waals surface area contributed by atoms with E-state index in [0.717, 1.165) is 55.7 Å². The van der Waals surface area contributed by atoms with Crippen LogP contribution in [0.1, 0.15) is 0 Å². The lowest BCUT2D eigenvalue weighted by atomic mass is 9.88. The molecule has 10 nitrogen and oxygen atoms in total. The first-order valence-corrected chi connectivity index (χ1v) is 46.2. The van der Waals surface area contributed by atoms with Crippen molar-refractivity contribution in [2.45, 2.75) is 0 Å². The maximum Gasteiger partial charge on any atom is 0.238 e. The molecule has 5 heterocycles. The van der Waals surface area contributed by atoms with Crippen molar-refractivity contribution in [2.75, 3.05) is 0 Å². The van der Waals surface area contributed by atoms with Crippen LogP contribution in [0, 0.1) is 0 Å². The molecule has 0 atom stereocenters. The van der Waals surface area contributed by atoms with Crippen molar-refractivity contribution in [3.8, 4) is 158 Å². The van der Waals surface area contributed by atoms with Gasteiger partial charge >= 0.3 is 0 Å². The fraction of sp³-hybridized carbons (Fsp3) is 0. The van der Waals surface area contributed by atoms with Gasteiger partial charge in [-0.25, -0.2) is 19.9 Å². The summed E-state index contributed by atoms with van der Waals surface area (Å²) in [6.45, 7) is 0. The minimum absolute atomic E-state index is 0.604. The van der Waals surface area contributed by atoms with Gasteiger partial charge in [0.05, 0.1) is 22.1 Å². The molecule has 0 unspecified atom stereocenters. The zero-order valence-corrected chi connectivity index (χ0v) is 73.2. The number of aromatic nitrogens is 10. The summed E-state index contributed by atoms with van der Waals surface area (Å²) in [4.78, 5) is 39.7. The molecule has 0 N–H and O–H groups in total. The lowest BCUT2D eigenvalue weighted by Gasteiger charge is -2.15. The van der Waals surface area contributed by atoms with Gasteiger partial charge in [-0.1, -0.05) is 364 Å². The molecule has 10 heteroatoms. The minimum Gasteiger partial charge on any atom is -0.278 e. The van der Waals surface area contributed by atoms with Gasteiger partial charge in [-0.3, -0.25) is 9.13 Å². The van der Waals surface area contributed by atoms with E-state index in [2.05, 4.69) is 413 Å². The maximum atomic E-state index is 5.20. The molecular weight excluding hydrogens is 1650 g/mol. The van der Waals surface area contributed by atoms with Crippen LogP contribution in [0.25, 0.3) is 288 Å². The van der Waals surface area contributed by atoms with Crippen LogP contribution in [0.15, 0.2) is 449 Å². The van der Waals surface area contributed by atoms with Gasteiger partial charge in [0.2, 0.25) is 11.9 Å². The van der Waals surface area contributed by atoms with E-state index in [-0.39, 0.29) is 0 Å². The van der Waals surface area contributed by atoms with Crippen LogP contribution in [0.4, 0.5) is 0 Å². The predicted molar refractivity (Wildman–Crippen MR) is 562 cm³/mol. The fourth-order valence-electron chi connectivity index (χ4n) is 22.1. The van der Waals surface area contributed by atoms with Crippen molar-refractivity contribution in [1.29, 1.82) is 0 Å². The largest absolute Gasteiger partial charge is 0.278 e. The van der Waals surface area contributed by atoms with Crippen molar-refractivity contribution < 1.29 is 0 Å². The van der Waals surface area contributed by atoms with Gasteiger partial charge < -0.3 is 0 Å². The van der Waals surface area contributed by atoms with Gasteiger partial charge in [-0.2, -0.15) is 19.9 Å². The van der Waals surface area contributed by atoms with Crippen molar-refractivity contribution in [3.63, 3.8) is 0 Å². The topological polar surface area (TPSA) is 113 Å². The Kier molecular flexibility index (Phi) is 17.2. The highest BCUT2D eigenvalue weighted by Crippen LogP contribution is 2.57. The normalized spacial score (nSPS) is 12.0. The zero-order valence-electron chi connectivity index (χ0n) is 73.2.